The van der Waals surface area contributed by atoms with Gasteiger partial charge in [-0.25, -0.2) is 0 Å². The summed E-state index contributed by atoms with van der Waals surface area (Å²) in [5.74, 6) is 1.38. The van der Waals surface area contributed by atoms with Crippen molar-refractivity contribution in [2.75, 3.05) is 13.1 Å². The molecule has 0 unspecified atom stereocenters. The highest BCUT2D eigenvalue weighted by molar-refractivity contribution is 5.67. The molecule has 0 aliphatic carbocycles. The average Bonchev–Trinajstić information content (AvgIpc) is 3.20. The highest BCUT2D eigenvalue weighted by atomic mass is 16.5. The topological polar surface area (TPSA) is 60.0 Å². The molecule has 1 saturated heterocycles. The van der Waals surface area contributed by atoms with Crippen LogP contribution in [0.5, 0.6) is 0 Å². The Labute approximate surface area is 153 Å². The van der Waals surface area contributed by atoms with E-state index in [4.69, 9.17) is 4.52 Å². The Hall–Kier alpha value is -2.47. The molecule has 0 amide bonds. The van der Waals surface area contributed by atoms with Gasteiger partial charge in [0.25, 0.3) is 0 Å². The van der Waals surface area contributed by atoms with E-state index >= 15 is 0 Å². The molecule has 0 N–H and O–H groups in total. The second-order valence-corrected chi connectivity index (χ2v) is 7.20. The molecule has 136 valence electrons. The molecule has 0 atom stereocenters. The summed E-state index contributed by atoms with van der Waals surface area (Å²) < 4.78 is 7.19. The number of hydrogen-bond donors (Lipinski definition) is 0. The number of aryl methyl sites for hydroxylation is 3. The molecule has 6 nitrogen and oxygen atoms in total. The summed E-state index contributed by atoms with van der Waals surface area (Å²) in [5, 5.41) is 8.56. The summed E-state index contributed by atoms with van der Waals surface area (Å²) in [4.78, 5) is 7.14. The highest BCUT2D eigenvalue weighted by Crippen LogP contribution is 2.32. The first-order valence-electron chi connectivity index (χ1n) is 9.20. The number of piperidine rings is 1. The lowest BCUT2D eigenvalue weighted by Crippen LogP contribution is -2.32. The monoisotopic (exact) mass is 351 g/mol. The van der Waals surface area contributed by atoms with Crippen LogP contribution in [-0.2, 0) is 13.6 Å². The van der Waals surface area contributed by atoms with Crippen molar-refractivity contribution >= 4 is 0 Å². The average molecular weight is 351 g/mol. The molecule has 1 aliphatic heterocycles. The summed E-state index contributed by atoms with van der Waals surface area (Å²) in [6, 6.07) is 6.36. The minimum absolute atomic E-state index is 0.510. The number of aromatic nitrogens is 4. The van der Waals surface area contributed by atoms with Gasteiger partial charge in [0.15, 0.2) is 0 Å². The Morgan fingerprint density at radius 3 is 2.65 bits per heavy atom. The van der Waals surface area contributed by atoms with E-state index < -0.39 is 0 Å². The van der Waals surface area contributed by atoms with Crippen LogP contribution in [0.1, 0.15) is 41.6 Å². The van der Waals surface area contributed by atoms with E-state index in [0.717, 1.165) is 60.8 Å². The predicted molar refractivity (Wildman–Crippen MR) is 99.7 cm³/mol. The SMILES string of the molecule is Cc1noc(C)c1-c1ccnc(C2CCN(Cc3ccn(C)n3)CC2)c1. The van der Waals surface area contributed by atoms with Gasteiger partial charge in [0.1, 0.15) is 5.76 Å². The summed E-state index contributed by atoms with van der Waals surface area (Å²) in [7, 11) is 1.97. The van der Waals surface area contributed by atoms with Gasteiger partial charge in [-0.3, -0.25) is 14.6 Å². The van der Waals surface area contributed by atoms with Gasteiger partial charge in [0, 0.05) is 43.2 Å². The molecule has 0 aromatic carbocycles. The zero-order chi connectivity index (χ0) is 18.1. The molecule has 1 fully saturated rings. The zero-order valence-electron chi connectivity index (χ0n) is 15.6. The van der Waals surface area contributed by atoms with Gasteiger partial charge in [-0.1, -0.05) is 5.16 Å². The summed E-state index contributed by atoms with van der Waals surface area (Å²) >= 11 is 0. The van der Waals surface area contributed by atoms with Crippen LogP contribution >= 0.6 is 0 Å². The van der Waals surface area contributed by atoms with Gasteiger partial charge >= 0.3 is 0 Å². The molecule has 6 heteroatoms. The normalized spacial score (nSPS) is 16.3. The Morgan fingerprint density at radius 1 is 1.19 bits per heavy atom. The molecule has 0 saturated carbocycles. The zero-order valence-corrected chi connectivity index (χ0v) is 15.6. The highest BCUT2D eigenvalue weighted by Gasteiger charge is 2.23. The summed E-state index contributed by atoms with van der Waals surface area (Å²) in [5.41, 5.74) is 5.51. The van der Waals surface area contributed by atoms with Crippen LogP contribution in [0.3, 0.4) is 0 Å². The van der Waals surface area contributed by atoms with Crippen LogP contribution in [0.4, 0.5) is 0 Å². The Bertz CT molecular complexity index is 870. The van der Waals surface area contributed by atoms with Crippen molar-refractivity contribution in [3.05, 3.63) is 53.4 Å². The number of pyridine rings is 1. The van der Waals surface area contributed by atoms with E-state index in [-0.39, 0.29) is 0 Å². The van der Waals surface area contributed by atoms with E-state index in [1.54, 1.807) is 0 Å². The van der Waals surface area contributed by atoms with E-state index in [2.05, 4.69) is 32.3 Å². The number of nitrogens with zero attached hydrogens (tertiary/aromatic N) is 5. The van der Waals surface area contributed by atoms with E-state index in [9.17, 15) is 0 Å². The van der Waals surface area contributed by atoms with Crippen LogP contribution in [0.2, 0.25) is 0 Å². The fourth-order valence-corrected chi connectivity index (χ4v) is 3.89. The van der Waals surface area contributed by atoms with Crippen LogP contribution in [0, 0.1) is 13.8 Å². The molecule has 4 rings (SSSR count). The third-order valence-corrected chi connectivity index (χ3v) is 5.26. The fourth-order valence-electron chi connectivity index (χ4n) is 3.89. The van der Waals surface area contributed by atoms with Crippen LogP contribution in [0.15, 0.2) is 35.1 Å². The van der Waals surface area contributed by atoms with Crippen molar-refractivity contribution in [3.8, 4) is 11.1 Å². The van der Waals surface area contributed by atoms with Crippen molar-refractivity contribution < 1.29 is 4.52 Å². The Balaban J connectivity index is 1.44. The van der Waals surface area contributed by atoms with Crippen LogP contribution < -0.4 is 0 Å². The molecular formula is C20H25N5O. The van der Waals surface area contributed by atoms with Gasteiger partial charge in [-0.2, -0.15) is 5.10 Å². The minimum Gasteiger partial charge on any atom is -0.361 e. The molecule has 0 bridgehead atoms. The fraction of sp³-hybridized carbons (Fsp3) is 0.450. The van der Waals surface area contributed by atoms with E-state index in [0.29, 0.717) is 5.92 Å². The first-order chi connectivity index (χ1) is 12.6. The molecule has 1 aliphatic rings. The maximum atomic E-state index is 5.32. The predicted octanol–water partition coefficient (Wildman–Crippen LogP) is 3.47. The lowest BCUT2D eigenvalue weighted by molar-refractivity contribution is 0.201. The standard InChI is InChI=1S/C20H25N5O/c1-14-20(15(2)26-23-14)17-4-8-21-19(12-17)16-5-10-25(11-6-16)13-18-7-9-24(3)22-18/h4,7-9,12,16H,5-6,10-11,13H2,1-3H3. The largest absolute Gasteiger partial charge is 0.361 e. The quantitative estimate of drug-likeness (QED) is 0.720. The van der Waals surface area contributed by atoms with Crippen LogP contribution in [0.25, 0.3) is 11.1 Å². The van der Waals surface area contributed by atoms with Crippen LogP contribution in [-0.4, -0.2) is 37.9 Å². The number of likely N-dealkylation sites (tertiary alicyclic amines) is 1. The van der Waals surface area contributed by atoms with Crippen molar-refractivity contribution in [1.29, 1.82) is 0 Å². The van der Waals surface area contributed by atoms with Gasteiger partial charge in [0.2, 0.25) is 0 Å². The number of hydrogen-bond acceptors (Lipinski definition) is 5. The maximum absolute atomic E-state index is 5.32. The number of rotatable bonds is 4. The molecule has 3 aromatic rings. The smallest absolute Gasteiger partial charge is 0.141 e. The summed E-state index contributed by atoms with van der Waals surface area (Å²) in [6.45, 7) is 7.05. The van der Waals surface area contributed by atoms with Crippen molar-refractivity contribution in [1.82, 2.24) is 24.8 Å². The Morgan fingerprint density at radius 2 is 2.00 bits per heavy atom. The van der Waals surface area contributed by atoms with Crippen molar-refractivity contribution in [3.63, 3.8) is 0 Å². The molecule has 0 spiro atoms. The Kier molecular flexibility index (Phi) is 4.59. The molecule has 0 radical (unpaired) electrons. The first-order valence-corrected chi connectivity index (χ1v) is 9.20. The van der Waals surface area contributed by atoms with E-state index in [1.165, 1.54) is 5.69 Å². The second-order valence-electron chi connectivity index (χ2n) is 7.20. The third-order valence-electron chi connectivity index (χ3n) is 5.26. The molecule has 26 heavy (non-hydrogen) atoms. The lowest BCUT2D eigenvalue weighted by atomic mass is 9.91. The van der Waals surface area contributed by atoms with Gasteiger partial charge in [-0.05, 0) is 63.5 Å². The third kappa shape index (κ3) is 3.42. The lowest BCUT2D eigenvalue weighted by Gasteiger charge is -2.31. The molecule has 3 aromatic heterocycles. The second kappa shape index (κ2) is 7.03. The summed E-state index contributed by atoms with van der Waals surface area (Å²) in [6.07, 6.45) is 6.18. The van der Waals surface area contributed by atoms with Gasteiger partial charge in [0.05, 0.1) is 11.4 Å². The minimum atomic E-state index is 0.510. The first kappa shape index (κ1) is 17.0. The molecular weight excluding hydrogens is 326 g/mol. The molecule has 4 heterocycles. The van der Waals surface area contributed by atoms with Gasteiger partial charge in [-0.15, -0.1) is 0 Å². The van der Waals surface area contributed by atoms with E-state index in [1.807, 2.05) is 44.0 Å². The van der Waals surface area contributed by atoms with Gasteiger partial charge < -0.3 is 4.52 Å². The maximum Gasteiger partial charge on any atom is 0.141 e. The van der Waals surface area contributed by atoms with Crippen molar-refractivity contribution in [2.45, 2.75) is 39.2 Å². The van der Waals surface area contributed by atoms with Crippen molar-refractivity contribution in [2.24, 2.45) is 7.05 Å².